The average molecular weight is 1150 g/mol. The van der Waals surface area contributed by atoms with Crippen LogP contribution in [0.2, 0.25) is 0 Å². The third kappa shape index (κ3) is 13.7. The van der Waals surface area contributed by atoms with Gasteiger partial charge in [-0.3, -0.25) is 9.98 Å². The van der Waals surface area contributed by atoms with Gasteiger partial charge < -0.3 is 33.2 Å². The third-order valence-electron chi connectivity index (χ3n) is 16.2. The highest BCUT2D eigenvalue weighted by Crippen LogP contribution is 2.44. The molecule has 0 atom stereocenters. The maximum Gasteiger partial charge on any atom is 0.126 e. The summed E-state index contributed by atoms with van der Waals surface area (Å²) >= 11 is 0. The van der Waals surface area contributed by atoms with Gasteiger partial charge in [-0.25, -0.2) is 0 Å². The van der Waals surface area contributed by atoms with Gasteiger partial charge in [-0.05, 0) is 165 Å². The summed E-state index contributed by atoms with van der Waals surface area (Å²) in [6.07, 6.45) is 14.0. The summed E-state index contributed by atoms with van der Waals surface area (Å²) in [6, 6.07) is 46.8. The molecule has 0 saturated heterocycles. The Morgan fingerprint density at radius 1 is 0.279 bits per heavy atom. The fourth-order valence-corrected chi connectivity index (χ4v) is 12.6. The van der Waals surface area contributed by atoms with E-state index in [1.807, 2.05) is 12.4 Å². The largest absolute Gasteiger partial charge is 0.496 e. The second kappa shape index (κ2) is 28.3. The van der Waals surface area contributed by atoms with Crippen molar-refractivity contribution in [3.8, 4) is 40.2 Å². The smallest absolute Gasteiger partial charge is 0.126 e. The second-order valence-electron chi connectivity index (χ2n) is 23.3. The van der Waals surface area contributed by atoms with Crippen molar-refractivity contribution in [2.45, 2.75) is 131 Å². The number of hydrogen-bond donors (Lipinski definition) is 0. The highest BCUT2D eigenvalue weighted by molar-refractivity contribution is 5.85. The summed E-state index contributed by atoms with van der Waals surface area (Å²) < 4.78 is 48.2. The minimum absolute atomic E-state index is 0.556. The Morgan fingerprint density at radius 2 is 0.523 bits per heavy atom. The zero-order chi connectivity index (χ0) is 59.4. The quantitative estimate of drug-likeness (QED) is 0.0797. The molecule has 86 heavy (non-hydrogen) atoms. The lowest BCUT2D eigenvalue weighted by molar-refractivity contribution is 0.304. The van der Waals surface area contributed by atoms with Gasteiger partial charge in [0.05, 0.1) is 58.1 Å². The Balaban J connectivity index is 1.25. The zero-order valence-electron chi connectivity index (χ0n) is 51.7. The van der Waals surface area contributed by atoms with Crippen LogP contribution in [-0.4, -0.2) is 59.2 Å². The maximum absolute atomic E-state index is 6.98. The van der Waals surface area contributed by atoms with Gasteiger partial charge in [0.1, 0.15) is 40.2 Å². The molecule has 0 amide bonds. The molecule has 0 saturated carbocycles. The van der Waals surface area contributed by atoms with E-state index in [0.717, 1.165) is 179 Å². The molecule has 2 aliphatic heterocycles. The number of methoxy groups -OCH3 is 1. The topological polar surface area (TPSA) is 89.3 Å². The number of benzene rings is 8. The summed E-state index contributed by atoms with van der Waals surface area (Å²) in [6.45, 7) is 16.5. The summed E-state index contributed by atoms with van der Waals surface area (Å²) in [5.74, 6) is 6.22. The van der Waals surface area contributed by atoms with Crippen LogP contribution in [0.3, 0.4) is 0 Å². The van der Waals surface area contributed by atoms with Crippen LogP contribution in [-0.2, 0) is 51.4 Å². The van der Waals surface area contributed by atoms with Crippen LogP contribution in [0.15, 0.2) is 137 Å². The van der Waals surface area contributed by atoms with Crippen LogP contribution >= 0.6 is 0 Å². The van der Waals surface area contributed by atoms with Gasteiger partial charge in [-0.2, -0.15) is 0 Å². The van der Waals surface area contributed by atoms with E-state index in [2.05, 4.69) is 169 Å². The molecule has 444 valence electrons. The van der Waals surface area contributed by atoms with Gasteiger partial charge in [-0.15, -0.1) is 0 Å². The molecule has 2 aliphatic carbocycles. The number of aliphatic imine (C=N–C) groups is 2. The molecular formula is C77H84N2O7. The number of nitrogens with zero attached hydrogens (tertiary/aromatic N) is 2. The normalized spacial score (nSPS) is 13.2. The average Bonchev–Trinajstić information content (AvgIpc) is 2.40. The standard InChI is InChI=1S/C77H84N2O7/c1-8-26-81-72-57-22-16-23-58(72)42-66-46-70-48-68(77(66)86-31-13-6)44-60-25-17-24-59(73(60)82-27-9-2)43-67-47-69(45-65(41-57)76(67)85-30-12-5)78-49-53-35-61-33-51-18-14-19-52(32-51)34-62-36-54(50-79-70)38-64(75(62)84-29-11-4)40-56-21-15-20-55(71(56)80-7)39-63(37-53)74(61)83-28-10-3/h14-25,32,35-38,45-50H,8-13,26-31,33-34,39-44H2,1-7H3. The molecule has 12 rings (SSSR count). The van der Waals surface area contributed by atoms with Crippen molar-refractivity contribution in [1.29, 1.82) is 0 Å². The second-order valence-corrected chi connectivity index (χ2v) is 23.3. The fraction of sp³-hybridized carbons (Fsp3) is 0.351. The van der Waals surface area contributed by atoms with E-state index in [0.29, 0.717) is 91.0 Å². The summed E-state index contributed by atoms with van der Waals surface area (Å²) in [5.41, 5.74) is 21.0. The minimum Gasteiger partial charge on any atom is -0.496 e. The van der Waals surface area contributed by atoms with E-state index in [9.17, 15) is 0 Å². The van der Waals surface area contributed by atoms with Crippen molar-refractivity contribution in [3.63, 3.8) is 0 Å². The Kier molecular flexibility index (Phi) is 19.5. The molecule has 8 aromatic rings. The first-order valence-electron chi connectivity index (χ1n) is 31.7. The van der Waals surface area contributed by atoms with E-state index < -0.39 is 0 Å². The molecule has 20 bridgehead atoms. The molecule has 0 aromatic heterocycles. The molecule has 0 spiro atoms. The van der Waals surface area contributed by atoms with E-state index >= 15 is 0 Å². The first-order chi connectivity index (χ1) is 42.3. The van der Waals surface area contributed by atoms with E-state index in [1.54, 1.807) is 7.11 Å². The lowest BCUT2D eigenvalue weighted by Gasteiger charge is -2.23. The van der Waals surface area contributed by atoms with E-state index in [4.69, 9.17) is 43.1 Å². The monoisotopic (exact) mass is 1150 g/mol. The SMILES string of the molecule is CCCOc1c2cc3cc1Cc1cccc(c1OC)Cc1cc(cc(c1OCCC)Cc1cccc(c1)C2)C=Nc1cc2c(OCCC)c(c1)Cc1cccc(c1OCCC)Cc1cc(cc(c1OCCC)Cc1cccc(c1OCCC)C2)N=C3. The number of rotatable bonds is 19. The number of para-hydroxylation sites is 3. The van der Waals surface area contributed by atoms with E-state index in [-0.39, 0.29) is 0 Å². The minimum atomic E-state index is 0.556. The van der Waals surface area contributed by atoms with Crippen LogP contribution in [0.1, 0.15) is 180 Å². The molecule has 4 aliphatic rings. The van der Waals surface area contributed by atoms with E-state index in [1.165, 1.54) is 11.1 Å². The Labute approximate surface area is 510 Å². The highest BCUT2D eigenvalue weighted by Gasteiger charge is 2.26. The van der Waals surface area contributed by atoms with Gasteiger partial charge in [-0.1, -0.05) is 120 Å². The van der Waals surface area contributed by atoms with Crippen LogP contribution in [0.4, 0.5) is 11.4 Å². The number of ether oxygens (including phenoxy) is 7. The molecule has 0 unspecified atom stereocenters. The Bertz CT molecular complexity index is 3440. The lowest BCUT2D eigenvalue weighted by Crippen LogP contribution is -2.10. The Hall–Kier alpha value is -8.30. The van der Waals surface area contributed by atoms with Crippen LogP contribution in [0, 0.1) is 0 Å². The molecule has 2 heterocycles. The van der Waals surface area contributed by atoms with Crippen LogP contribution in [0.5, 0.6) is 40.2 Å². The molecule has 9 heteroatoms. The molecule has 0 radical (unpaired) electrons. The zero-order valence-corrected chi connectivity index (χ0v) is 51.7. The first-order valence-corrected chi connectivity index (χ1v) is 31.7. The third-order valence-corrected chi connectivity index (χ3v) is 16.2. The predicted molar refractivity (Wildman–Crippen MR) is 350 cm³/mol. The van der Waals surface area contributed by atoms with Gasteiger partial charge in [0.25, 0.3) is 0 Å². The molecular weight excluding hydrogens is 1060 g/mol. The van der Waals surface area contributed by atoms with Gasteiger partial charge in [0, 0.05) is 86.0 Å². The van der Waals surface area contributed by atoms with Crippen LogP contribution in [0.25, 0.3) is 0 Å². The molecule has 0 N–H and O–H groups in total. The van der Waals surface area contributed by atoms with Gasteiger partial charge in [0.15, 0.2) is 0 Å². The maximum atomic E-state index is 6.98. The van der Waals surface area contributed by atoms with Crippen molar-refractivity contribution < 1.29 is 33.2 Å². The van der Waals surface area contributed by atoms with Crippen molar-refractivity contribution in [1.82, 2.24) is 0 Å². The van der Waals surface area contributed by atoms with Crippen LogP contribution < -0.4 is 33.2 Å². The van der Waals surface area contributed by atoms with Crippen molar-refractivity contribution >= 4 is 23.8 Å². The van der Waals surface area contributed by atoms with Crippen molar-refractivity contribution in [2.24, 2.45) is 9.98 Å². The molecule has 8 aromatic carbocycles. The summed E-state index contributed by atoms with van der Waals surface area (Å²) in [5, 5.41) is 0. The Morgan fingerprint density at radius 3 is 0.802 bits per heavy atom. The molecule has 9 nitrogen and oxygen atoms in total. The lowest BCUT2D eigenvalue weighted by atomic mass is 9.90. The summed E-state index contributed by atoms with van der Waals surface area (Å²) in [4.78, 5) is 11.0. The molecule has 0 fully saturated rings. The fourth-order valence-electron chi connectivity index (χ4n) is 12.6. The van der Waals surface area contributed by atoms with Crippen molar-refractivity contribution in [3.05, 3.63) is 228 Å². The first kappa shape index (κ1) is 59.4. The summed E-state index contributed by atoms with van der Waals surface area (Å²) in [7, 11) is 1.80. The van der Waals surface area contributed by atoms with Crippen molar-refractivity contribution in [2.75, 3.05) is 46.8 Å². The number of hydrogen-bond acceptors (Lipinski definition) is 9. The highest BCUT2D eigenvalue weighted by atomic mass is 16.5. The predicted octanol–water partition coefficient (Wildman–Crippen LogP) is 17.6. The van der Waals surface area contributed by atoms with Gasteiger partial charge in [0.2, 0.25) is 0 Å². The van der Waals surface area contributed by atoms with Gasteiger partial charge >= 0.3 is 0 Å².